The third-order valence-electron chi connectivity index (χ3n) is 1.93. The molecular weight excluding hydrogens is 192 g/mol. The third kappa shape index (κ3) is 3.13. The Hall–Kier alpha value is -1.77. The molecule has 1 rings (SSSR count). The van der Waals surface area contributed by atoms with Gasteiger partial charge in [-0.25, -0.2) is 0 Å². The van der Waals surface area contributed by atoms with Gasteiger partial charge in [0.25, 0.3) is 0 Å². The van der Waals surface area contributed by atoms with Gasteiger partial charge in [0.2, 0.25) is 0 Å². The Morgan fingerprint density at radius 2 is 2.27 bits per heavy atom. The minimum Gasteiger partial charge on any atom is -0.507 e. The van der Waals surface area contributed by atoms with Gasteiger partial charge >= 0.3 is 0 Å². The second kappa shape index (κ2) is 5.20. The predicted molar refractivity (Wildman–Crippen MR) is 58.4 cm³/mol. The van der Waals surface area contributed by atoms with Crippen LogP contribution in [0.15, 0.2) is 30.4 Å². The molecule has 0 saturated carbocycles. The Labute approximate surface area is 89.0 Å². The molecule has 0 fully saturated rings. The lowest BCUT2D eigenvalue weighted by Gasteiger charge is -2.05. The van der Waals surface area contributed by atoms with Crippen molar-refractivity contribution in [1.82, 2.24) is 0 Å². The molecule has 0 bridgehead atoms. The number of ketones is 1. The zero-order valence-corrected chi connectivity index (χ0v) is 8.86. The van der Waals surface area contributed by atoms with Crippen LogP contribution in [0.5, 0.6) is 11.5 Å². The molecule has 0 radical (unpaired) electrons. The van der Waals surface area contributed by atoms with Crippen LogP contribution in [0.25, 0.3) is 0 Å². The molecule has 80 valence electrons. The second-order valence-electron chi connectivity index (χ2n) is 3.12. The van der Waals surface area contributed by atoms with E-state index in [1.54, 1.807) is 12.1 Å². The van der Waals surface area contributed by atoms with Crippen molar-refractivity contribution in [1.29, 1.82) is 0 Å². The van der Waals surface area contributed by atoms with E-state index < -0.39 is 0 Å². The van der Waals surface area contributed by atoms with Crippen molar-refractivity contribution in [2.45, 2.75) is 13.8 Å². The van der Waals surface area contributed by atoms with Gasteiger partial charge in [-0.2, -0.15) is 0 Å². The molecule has 15 heavy (non-hydrogen) atoms. The number of rotatable bonds is 4. The molecule has 3 nitrogen and oxygen atoms in total. The highest BCUT2D eigenvalue weighted by Gasteiger charge is 2.06. The first-order valence-electron chi connectivity index (χ1n) is 4.73. The number of phenols is 1. The first-order valence-corrected chi connectivity index (χ1v) is 4.73. The lowest BCUT2D eigenvalue weighted by molar-refractivity contribution is 0.101. The van der Waals surface area contributed by atoms with E-state index in [1.165, 1.54) is 13.0 Å². The summed E-state index contributed by atoms with van der Waals surface area (Å²) in [6.07, 6.45) is 3.74. The fraction of sp³-hybridized carbons (Fsp3) is 0.250. The van der Waals surface area contributed by atoms with E-state index in [-0.39, 0.29) is 11.5 Å². The lowest BCUT2D eigenvalue weighted by atomic mass is 10.1. The molecule has 0 aromatic heterocycles. The summed E-state index contributed by atoms with van der Waals surface area (Å²) in [6.45, 7) is 3.77. The number of hydrogen-bond donors (Lipinski definition) is 1. The number of aromatic hydroxyl groups is 1. The molecule has 1 aromatic rings. The van der Waals surface area contributed by atoms with Crippen LogP contribution in [0.4, 0.5) is 0 Å². The number of carbonyl (C=O) groups excluding carboxylic acids is 1. The summed E-state index contributed by atoms with van der Waals surface area (Å²) in [4.78, 5) is 11.0. The number of ether oxygens (including phenoxy) is 1. The van der Waals surface area contributed by atoms with Gasteiger partial charge < -0.3 is 9.84 Å². The van der Waals surface area contributed by atoms with E-state index in [9.17, 15) is 9.90 Å². The molecule has 0 aliphatic rings. The fourth-order valence-electron chi connectivity index (χ4n) is 1.14. The van der Waals surface area contributed by atoms with Crippen LogP contribution < -0.4 is 4.74 Å². The zero-order chi connectivity index (χ0) is 11.3. The summed E-state index contributed by atoms with van der Waals surface area (Å²) in [6, 6.07) is 4.67. The average molecular weight is 206 g/mol. The fourth-order valence-corrected chi connectivity index (χ4v) is 1.14. The number of hydrogen-bond acceptors (Lipinski definition) is 3. The summed E-state index contributed by atoms with van der Waals surface area (Å²) in [5, 5.41) is 9.50. The highest BCUT2D eigenvalue weighted by Crippen LogP contribution is 2.23. The standard InChI is InChI=1S/C12H14O3/c1-3-4-7-15-10-5-6-11(9(2)13)12(14)8-10/h3-6,8,14H,7H2,1-2H3/b4-3+. The zero-order valence-electron chi connectivity index (χ0n) is 8.86. The molecule has 0 heterocycles. The number of Topliss-reactive ketones (excluding diaryl/α,β-unsaturated/α-hetero) is 1. The van der Waals surface area contributed by atoms with Crippen LogP contribution in [0, 0.1) is 0 Å². The van der Waals surface area contributed by atoms with E-state index >= 15 is 0 Å². The van der Waals surface area contributed by atoms with Crippen molar-refractivity contribution < 1.29 is 14.6 Å². The maximum atomic E-state index is 11.0. The maximum Gasteiger partial charge on any atom is 0.163 e. The first kappa shape index (κ1) is 11.3. The summed E-state index contributed by atoms with van der Waals surface area (Å²) < 4.78 is 5.30. The van der Waals surface area contributed by atoms with Crippen molar-refractivity contribution in [3.05, 3.63) is 35.9 Å². The third-order valence-corrected chi connectivity index (χ3v) is 1.93. The SMILES string of the molecule is C/C=C/COc1ccc(C(C)=O)c(O)c1. The predicted octanol–water partition coefficient (Wildman–Crippen LogP) is 2.55. The largest absolute Gasteiger partial charge is 0.507 e. The van der Waals surface area contributed by atoms with E-state index in [1.807, 2.05) is 19.1 Å². The lowest BCUT2D eigenvalue weighted by Crippen LogP contribution is -1.96. The Morgan fingerprint density at radius 1 is 1.53 bits per heavy atom. The van der Waals surface area contributed by atoms with Crippen molar-refractivity contribution in [3.63, 3.8) is 0 Å². The van der Waals surface area contributed by atoms with Crippen LogP contribution in [0.3, 0.4) is 0 Å². The van der Waals surface area contributed by atoms with E-state index in [0.717, 1.165) is 0 Å². The molecule has 3 heteroatoms. The second-order valence-corrected chi connectivity index (χ2v) is 3.12. The molecule has 1 aromatic carbocycles. The van der Waals surface area contributed by atoms with Crippen molar-refractivity contribution in [3.8, 4) is 11.5 Å². The first-order chi connectivity index (χ1) is 7.15. The number of allylic oxidation sites excluding steroid dienone is 1. The van der Waals surface area contributed by atoms with Gasteiger partial charge in [0.15, 0.2) is 5.78 Å². The number of carbonyl (C=O) groups is 1. The number of phenolic OH excluding ortho intramolecular Hbond substituents is 1. The van der Waals surface area contributed by atoms with Crippen LogP contribution in [-0.4, -0.2) is 17.5 Å². The Bertz CT molecular complexity index is 380. The summed E-state index contributed by atoms with van der Waals surface area (Å²) in [5.41, 5.74) is 0.313. The monoisotopic (exact) mass is 206 g/mol. The van der Waals surface area contributed by atoms with Crippen LogP contribution in [0.1, 0.15) is 24.2 Å². The van der Waals surface area contributed by atoms with Gasteiger partial charge in [0, 0.05) is 6.07 Å². The van der Waals surface area contributed by atoms with E-state index in [2.05, 4.69) is 0 Å². The van der Waals surface area contributed by atoms with Crippen LogP contribution in [0.2, 0.25) is 0 Å². The summed E-state index contributed by atoms with van der Waals surface area (Å²) in [7, 11) is 0. The van der Waals surface area contributed by atoms with Gasteiger partial charge in [0.05, 0.1) is 5.56 Å². The van der Waals surface area contributed by atoms with Crippen LogP contribution >= 0.6 is 0 Å². The molecule has 0 atom stereocenters. The molecule has 0 aliphatic heterocycles. The maximum absolute atomic E-state index is 11.0. The molecule has 1 N–H and O–H groups in total. The van der Waals surface area contributed by atoms with Gasteiger partial charge in [-0.1, -0.05) is 12.2 Å². The molecular formula is C12H14O3. The van der Waals surface area contributed by atoms with Crippen LogP contribution in [-0.2, 0) is 0 Å². The van der Waals surface area contributed by atoms with Gasteiger partial charge in [-0.05, 0) is 26.0 Å². The molecule has 0 aliphatic carbocycles. The van der Waals surface area contributed by atoms with Crippen molar-refractivity contribution in [2.75, 3.05) is 6.61 Å². The van der Waals surface area contributed by atoms with Gasteiger partial charge in [0.1, 0.15) is 18.1 Å². The molecule has 0 spiro atoms. The highest BCUT2D eigenvalue weighted by atomic mass is 16.5. The van der Waals surface area contributed by atoms with Gasteiger partial charge in [-0.15, -0.1) is 0 Å². The highest BCUT2D eigenvalue weighted by molar-refractivity contribution is 5.96. The van der Waals surface area contributed by atoms with E-state index in [4.69, 9.17) is 4.74 Å². The quantitative estimate of drug-likeness (QED) is 0.608. The minimum absolute atomic E-state index is 0.0412. The summed E-state index contributed by atoms with van der Waals surface area (Å²) >= 11 is 0. The average Bonchev–Trinajstić information content (AvgIpc) is 2.17. The summed E-state index contributed by atoms with van der Waals surface area (Å²) in [5.74, 6) is 0.351. The van der Waals surface area contributed by atoms with Crippen molar-refractivity contribution in [2.24, 2.45) is 0 Å². The van der Waals surface area contributed by atoms with Crippen molar-refractivity contribution >= 4 is 5.78 Å². The number of benzene rings is 1. The smallest absolute Gasteiger partial charge is 0.163 e. The van der Waals surface area contributed by atoms with Gasteiger partial charge in [-0.3, -0.25) is 4.79 Å². The molecule has 0 saturated heterocycles. The Morgan fingerprint density at radius 3 is 2.80 bits per heavy atom. The van der Waals surface area contributed by atoms with E-state index in [0.29, 0.717) is 17.9 Å². The molecule has 0 unspecified atom stereocenters. The topological polar surface area (TPSA) is 46.5 Å². The Balaban J connectivity index is 2.77. The molecule has 0 amide bonds. The minimum atomic E-state index is -0.160. The Kier molecular flexibility index (Phi) is 3.92. The normalized spacial score (nSPS) is 10.5.